The van der Waals surface area contributed by atoms with Gasteiger partial charge in [0, 0.05) is 16.7 Å². The predicted octanol–water partition coefficient (Wildman–Crippen LogP) is 6.78. The number of ether oxygens (including phenoxy) is 3. The summed E-state index contributed by atoms with van der Waals surface area (Å²) in [6, 6.07) is 26.0. The number of hydrogen-bond donors (Lipinski definition) is 1. The van der Waals surface area contributed by atoms with Crippen LogP contribution in [0, 0.1) is 0 Å². The molecule has 0 unspecified atom stereocenters. The first-order valence-electron chi connectivity index (χ1n) is 12.9. The highest BCUT2D eigenvalue weighted by Crippen LogP contribution is 2.32. The monoisotopic (exact) mass is 536 g/mol. The summed E-state index contributed by atoms with van der Waals surface area (Å²) < 4.78 is 16.5. The second-order valence-electron chi connectivity index (χ2n) is 9.54. The number of hydrogen-bond acceptors (Lipinski definition) is 6. The molecule has 0 aliphatic heterocycles. The molecule has 0 spiro atoms. The van der Waals surface area contributed by atoms with Crippen LogP contribution in [0.3, 0.4) is 0 Å². The molecule has 6 heteroatoms. The van der Waals surface area contributed by atoms with E-state index < -0.39 is 11.9 Å². The highest BCUT2D eigenvalue weighted by Gasteiger charge is 2.12. The average molecular weight is 537 g/mol. The van der Waals surface area contributed by atoms with Crippen molar-refractivity contribution in [2.45, 2.75) is 27.1 Å². The predicted molar refractivity (Wildman–Crippen MR) is 157 cm³/mol. The van der Waals surface area contributed by atoms with Gasteiger partial charge < -0.3 is 19.3 Å². The van der Waals surface area contributed by atoms with Crippen LogP contribution in [0.5, 0.6) is 5.75 Å². The molecule has 4 aromatic carbocycles. The van der Waals surface area contributed by atoms with E-state index in [0.717, 1.165) is 38.6 Å². The average Bonchev–Trinajstić information content (AvgIpc) is 2.97. The molecule has 0 aromatic heterocycles. The summed E-state index contributed by atoms with van der Waals surface area (Å²) in [5, 5.41) is 11.1. The zero-order chi connectivity index (χ0) is 28.6. The van der Waals surface area contributed by atoms with Crippen molar-refractivity contribution in [3.05, 3.63) is 114 Å². The Kier molecular flexibility index (Phi) is 9.15. The number of carbonyl (C=O) groups excluding carboxylic acids is 2. The minimum Gasteiger partial charge on any atom is -0.491 e. The van der Waals surface area contributed by atoms with Gasteiger partial charge in [-0.2, -0.15) is 0 Å². The fourth-order valence-corrected chi connectivity index (χ4v) is 4.21. The van der Waals surface area contributed by atoms with Crippen LogP contribution in [-0.2, 0) is 32.3 Å². The summed E-state index contributed by atoms with van der Waals surface area (Å²) >= 11 is 0. The van der Waals surface area contributed by atoms with Crippen LogP contribution in [0.25, 0.3) is 33.0 Å². The van der Waals surface area contributed by atoms with Crippen LogP contribution in [-0.4, -0.2) is 30.3 Å². The maximum Gasteiger partial charge on any atom is 0.333 e. The Balaban J connectivity index is 1.61. The Bertz CT molecular complexity index is 1570. The van der Waals surface area contributed by atoms with Gasteiger partial charge in [0.15, 0.2) is 0 Å². The van der Waals surface area contributed by atoms with Crippen LogP contribution < -0.4 is 4.74 Å². The summed E-state index contributed by atoms with van der Waals surface area (Å²) in [6.07, 6.45) is 0. The maximum absolute atomic E-state index is 12.0. The minimum atomic E-state index is -0.474. The number of aliphatic hydroxyl groups excluding tert-OH is 1. The fraction of sp³-hybridized carbons (Fsp3) is 0.176. The number of carbonyl (C=O) groups is 2. The van der Waals surface area contributed by atoms with Gasteiger partial charge in [-0.25, -0.2) is 9.59 Å². The molecule has 0 atom stereocenters. The van der Waals surface area contributed by atoms with Crippen molar-refractivity contribution in [2.75, 3.05) is 13.2 Å². The third-order valence-electron chi connectivity index (χ3n) is 6.33. The highest BCUT2D eigenvalue weighted by atomic mass is 16.5. The van der Waals surface area contributed by atoms with Crippen molar-refractivity contribution in [1.82, 2.24) is 0 Å². The van der Waals surface area contributed by atoms with Crippen LogP contribution in [0.1, 0.15) is 25.0 Å². The normalized spacial score (nSPS) is 10.7. The standard InChI is InChI=1S/C34H32O6/c1-22(2)33(36)39-20-28-7-5-6-8-31(28)25-11-9-24(10-12-25)26-13-14-27-19-32(38-16-15-35)30(18-29(27)17-26)21-40-34(37)23(3)4/h5-14,17-19,35H,1,3,15-16,20-21H2,2,4H3. The molecule has 204 valence electrons. The number of fused-ring (bicyclic) bond motifs is 1. The molecule has 1 N–H and O–H groups in total. The van der Waals surface area contributed by atoms with E-state index >= 15 is 0 Å². The van der Waals surface area contributed by atoms with Crippen LogP contribution >= 0.6 is 0 Å². The fourth-order valence-electron chi connectivity index (χ4n) is 4.21. The second-order valence-corrected chi connectivity index (χ2v) is 9.54. The molecular formula is C34H32O6. The molecule has 0 radical (unpaired) electrons. The Morgan fingerprint density at radius 1 is 0.700 bits per heavy atom. The van der Waals surface area contributed by atoms with E-state index in [4.69, 9.17) is 14.2 Å². The highest BCUT2D eigenvalue weighted by molar-refractivity contribution is 5.90. The van der Waals surface area contributed by atoms with Gasteiger partial charge in [-0.3, -0.25) is 0 Å². The second kappa shape index (κ2) is 12.9. The van der Waals surface area contributed by atoms with Crippen molar-refractivity contribution in [3.63, 3.8) is 0 Å². The van der Waals surface area contributed by atoms with E-state index in [0.29, 0.717) is 22.5 Å². The van der Waals surface area contributed by atoms with Crippen molar-refractivity contribution in [1.29, 1.82) is 0 Å². The van der Waals surface area contributed by atoms with Gasteiger partial charge in [-0.15, -0.1) is 0 Å². The molecule has 0 heterocycles. The van der Waals surface area contributed by atoms with Gasteiger partial charge >= 0.3 is 11.9 Å². The number of rotatable bonds is 11. The van der Waals surface area contributed by atoms with E-state index in [-0.39, 0.29) is 26.4 Å². The summed E-state index contributed by atoms with van der Waals surface area (Å²) in [5.74, 6) is -0.330. The molecule has 0 aliphatic rings. The Morgan fingerprint density at radius 3 is 1.95 bits per heavy atom. The summed E-state index contributed by atoms with van der Waals surface area (Å²) in [5.41, 5.74) is 6.36. The smallest absolute Gasteiger partial charge is 0.333 e. The van der Waals surface area contributed by atoms with Gasteiger partial charge in [-0.05, 0) is 70.6 Å². The van der Waals surface area contributed by atoms with Crippen LogP contribution in [0.4, 0.5) is 0 Å². The van der Waals surface area contributed by atoms with E-state index in [1.807, 2.05) is 60.7 Å². The van der Waals surface area contributed by atoms with Crippen molar-refractivity contribution < 1.29 is 28.9 Å². The van der Waals surface area contributed by atoms with E-state index in [1.165, 1.54) is 0 Å². The first-order valence-corrected chi connectivity index (χ1v) is 12.9. The molecule has 0 fully saturated rings. The van der Waals surface area contributed by atoms with Crippen molar-refractivity contribution in [2.24, 2.45) is 0 Å². The summed E-state index contributed by atoms with van der Waals surface area (Å²) in [7, 11) is 0. The Morgan fingerprint density at radius 2 is 1.30 bits per heavy atom. The Hall–Kier alpha value is -4.68. The van der Waals surface area contributed by atoms with Crippen molar-refractivity contribution in [3.8, 4) is 28.0 Å². The Labute approximate surface area is 234 Å². The molecule has 4 aromatic rings. The molecule has 0 amide bonds. The molecule has 40 heavy (non-hydrogen) atoms. The molecule has 4 rings (SSSR count). The molecule has 0 saturated carbocycles. The quantitative estimate of drug-likeness (QED) is 0.168. The first-order chi connectivity index (χ1) is 19.3. The minimum absolute atomic E-state index is 0.0302. The molecule has 6 nitrogen and oxygen atoms in total. The van der Waals surface area contributed by atoms with Crippen molar-refractivity contribution >= 4 is 22.7 Å². The van der Waals surface area contributed by atoms with Gasteiger partial charge in [0.25, 0.3) is 0 Å². The number of benzene rings is 4. The zero-order valence-corrected chi connectivity index (χ0v) is 22.7. The van der Waals surface area contributed by atoms with Gasteiger partial charge in [0.05, 0.1) is 6.61 Å². The molecular weight excluding hydrogens is 504 g/mol. The van der Waals surface area contributed by atoms with E-state index in [2.05, 4.69) is 31.4 Å². The maximum atomic E-state index is 12.0. The lowest BCUT2D eigenvalue weighted by Crippen LogP contribution is -2.08. The summed E-state index contributed by atoms with van der Waals surface area (Å²) in [4.78, 5) is 23.8. The SMILES string of the molecule is C=C(C)C(=O)OCc1cc2cc(-c3ccc(-c4ccccc4COC(=O)C(=C)C)cc3)ccc2cc1OCCO. The molecule has 0 saturated heterocycles. The lowest BCUT2D eigenvalue weighted by atomic mass is 9.96. The van der Waals surface area contributed by atoms with Gasteiger partial charge in [-0.1, -0.05) is 73.8 Å². The topological polar surface area (TPSA) is 82.1 Å². The number of aliphatic hydroxyl groups is 1. The van der Waals surface area contributed by atoms with E-state index in [9.17, 15) is 14.7 Å². The first kappa shape index (κ1) is 28.3. The lowest BCUT2D eigenvalue weighted by molar-refractivity contribution is -0.141. The molecule has 0 aliphatic carbocycles. The van der Waals surface area contributed by atoms with E-state index in [1.54, 1.807) is 13.8 Å². The van der Waals surface area contributed by atoms with Gasteiger partial charge in [0.2, 0.25) is 0 Å². The van der Waals surface area contributed by atoms with Crippen LogP contribution in [0.15, 0.2) is 103 Å². The third-order valence-corrected chi connectivity index (χ3v) is 6.33. The lowest BCUT2D eigenvalue weighted by Gasteiger charge is -2.14. The largest absolute Gasteiger partial charge is 0.491 e. The van der Waals surface area contributed by atoms with Gasteiger partial charge in [0.1, 0.15) is 25.6 Å². The molecule has 0 bridgehead atoms. The third kappa shape index (κ3) is 6.84. The number of esters is 2. The zero-order valence-electron chi connectivity index (χ0n) is 22.7. The van der Waals surface area contributed by atoms with Crippen LogP contribution in [0.2, 0.25) is 0 Å². The summed E-state index contributed by atoms with van der Waals surface area (Å²) in [6.45, 7) is 10.7.